The zero-order chi connectivity index (χ0) is 17.2. The Kier molecular flexibility index (Phi) is 5.18. The fourth-order valence-corrected chi connectivity index (χ4v) is 3.81. The SMILES string of the molecule is OC1(CNC2CCN(CCC(F)(F)F)CC2)CCc2ccccc21. The van der Waals surface area contributed by atoms with E-state index in [4.69, 9.17) is 0 Å². The van der Waals surface area contributed by atoms with Gasteiger partial charge in [-0.25, -0.2) is 0 Å². The van der Waals surface area contributed by atoms with Crippen LogP contribution in [0.2, 0.25) is 0 Å². The Hall–Kier alpha value is -1.11. The van der Waals surface area contributed by atoms with E-state index in [2.05, 4.69) is 11.4 Å². The highest BCUT2D eigenvalue weighted by molar-refractivity contribution is 5.37. The molecule has 1 atom stereocenters. The van der Waals surface area contributed by atoms with E-state index in [-0.39, 0.29) is 12.6 Å². The van der Waals surface area contributed by atoms with E-state index in [9.17, 15) is 18.3 Å². The minimum Gasteiger partial charge on any atom is -0.384 e. The van der Waals surface area contributed by atoms with Gasteiger partial charge in [0.15, 0.2) is 0 Å². The van der Waals surface area contributed by atoms with Crippen molar-refractivity contribution in [3.63, 3.8) is 0 Å². The third-order valence-electron chi connectivity index (χ3n) is 5.31. The summed E-state index contributed by atoms with van der Waals surface area (Å²) < 4.78 is 36.8. The van der Waals surface area contributed by atoms with Crippen molar-refractivity contribution in [1.29, 1.82) is 0 Å². The smallest absolute Gasteiger partial charge is 0.384 e. The minimum absolute atomic E-state index is 0.0908. The summed E-state index contributed by atoms with van der Waals surface area (Å²) in [6.07, 6.45) is -1.53. The first-order valence-electron chi connectivity index (χ1n) is 8.69. The van der Waals surface area contributed by atoms with Crippen LogP contribution in [0, 0.1) is 0 Å². The summed E-state index contributed by atoms with van der Waals surface area (Å²) in [5.41, 5.74) is 1.41. The molecule has 134 valence electrons. The summed E-state index contributed by atoms with van der Waals surface area (Å²) in [6, 6.07) is 8.27. The van der Waals surface area contributed by atoms with E-state index in [1.807, 2.05) is 23.1 Å². The van der Waals surface area contributed by atoms with Crippen molar-refractivity contribution >= 4 is 0 Å². The lowest BCUT2D eigenvalue weighted by molar-refractivity contribution is -0.138. The Labute approximate surface area is 140 Å². The van der Waals surface area contributed by atoms with Crippen molar-refractivity contribution in [3.8, 4) is 0 Å². The van der Waals surface area contributed by atoms with E-state index < -0.39 is 18.2 Å². The minimum atomic E-state index is -4.08. The summed E-state index contributed by atoms with van der Waals surface area (Å²) in [6.45, 7) is 1.97. The number of fused-ring (bicyclic) bond motifs is 1. The molecule has 1 aliphatic heterocycles. The zero-order valence-corrected chi connectivity index (χ0v) is 13.8. The van der Waals surface area contributed by atoms with Crippen LogP contribution < -0.4 is 5.32 Å². The molecular weight excluding hydrogens is 317 g/mol. The van der Waals surface area contributed by atoms with Crippen molar-refractivity contribution in [2.24, 2.45) is 0 Å². The van der Waals surface area contributed by atoms with Gasteiger partial charge >= 0.3 is 6.18 Å². The number of hydrogen-bond acceptors (Lipinski definition) is 3. The second-order valence-electron chi connectivity index (χ2n) is 7.05. The Morgan fingerprint density at radius 1 is 1.21 bits per heavy atom. The third kappa shape index (κ3) is 4.29. The number of nitrogens with one attached hydrogen (secondary N) is 1. The third-order valence-corrected chi connectivity index (χ3v) is 5.31. The molecule has 1 aliphatic carbocycles. The van der Waals surface area contributed by atoms with Crippen LogP contribution in [0.25, 0.3) is 0 Å². The van der Waals surface area contributed by atoms with E-state index in [0.717, 1.165) is 31.2 Å². The van der Waals surface area contributed by atoms with Crippen molar-refractivity contribution in [2.75, 3.05) is 26.2 Å². The summed E-state index contributed by atoms with van der Waals surface area (Å²) in [4.78, 5) is 1.88. The molecule has 2 aliphatic rings. The van der Waals surface area contributed by atoms with Gasteiger partial charge < -0.3 is 15.3 Å². The Balaban J connectivity index is 1.44. The van der Waals surface area contributed by atoms with E-state index >= 15 is 0 Å². The molecule has 6 heteroatoms. The van der Waals surface area contributed by atoms with E-state index in [1.54, 1.807) is 0 Å². The van der Waals surface area contributed by atoms with Gasteiger partial charge in [0.25, 0.3) is 0 Å². The molecule has 1 fully saturated rings. The number of rotatable bonds is 5. The molecule has 0 radical (unpaired) electrons. The van der Waals surface area contributed by atoms with Gasteiger partial charge in [-0.15, -0.1) is 0 Å². The Morgan fingerprint density at radius 2 is 1.92 bits per heavy atom. The molecule has 0 amide bonds. The van der Waals surface area contributed by atoms with Crippen molar-refractivity contribution < 1.29 is 18.3 Å². The number of hydrogen-bond donors (Lipinski definition) is 2. The van der Waals surface area contributed by atoms with Crippen LogP contribution in [-0.4, -0.2) is 48.4 Å². The topological polar surface area (TPSA) is 35.5 Å². The van der Waals surface area contributed by atoms with Crippen molar-refractivity contribution in [2.45, 2.75) is 49.9 Å². The number of likely N-dealkylation sites (tertiary alicyclic amines) is 1. The number of aliphatic hydroxyl groups is 1. The highest BCUT2D eigenvalue weighted by Gasteiger charge is 2.37. The maximum absolute atomic E-state index is 12.3. The van der Waals surface area contributed by atoms with E-state index in [1.165, 1.54) is 5.56 Å². The molecule has 1 aromatic rings. The quantitative estimate of drug-likeness (QED) is 0.864. The Bertz CT molecular complexity index is 555. The van der Waals surface area contributed by atoms with Crippen LogP contribution in [0.15, 0.2) is 24.3 Å². The Morgan fingerprint density at radius 3 is 2.62 bits per heavy atom. The lowest BCUT2D eigenvalue weighted by atomic mass is 9.94. The largest absolute Gasteiger partial charge is 0.390 e. The molecule has 1 aromatic carbocycles. The van der Waals surface area contributed by atoms with Gasteiger partial charge in [-0.1, -0.05) is 24.3 Å². The molecule has 3 nitrogen and oxygen atoms in total. The van der Waals surface area contributed by atoms with Crippen LogP contribution in [0.1, 0.15) is 36.8 Å². The molecule has 0 saturated carbocycles. The number of aryl methyl sites for hydroxylation is 1. The van der Waals surface area contributed by atoms with Gasteiger partial charge in [-0.2, -0.15) is 13.2 Å². The number of piperidine rings is 1. The highest BCUT2D eigenvalue weighted by Crippen LogP contribution is 2.36. The number of alkyl halides is 3. The first-order chi connectivity index (χ1) is 11.4. The molecule has 0 aromatic heterocycles. The summed E-state index contributed by atoms with van der Waals surface area (Å²) in [5.74, 6) is 0. The van der Waals surface area contributed by atoms with Gasteiger partial charge in [0, 0.05) is 19.1 Å². The fraction of sp³-hybridized carbons (Fsp3) is 0.667. The highest BCUT2D eigenvalue weighted by atomic mass is 19.4. The second kappa shape index (κ2) is 7.02. The van der Waals surface area contributed by atoms with Crippen LogP contribution in [0.3, 0.4) is 0 Å². The van der Waals surface area contributed by atoms with Gasteiger partial charge in [0.1, 0.15) is 5.60 Å². The molecule has 0 spiro atoms. The van der Waals surface area contributed by atoms with E-state index in [0.29, 0.717) is 19.6 Å². The van der Waals surface area contributed by atoms with Gasteiger partial charge in [-0.05, 0) is 49.9 Å². The predicted octanol–water partition coefficient (Wildman–Crippen LogP) is 2.83. The van der Waals surface area contributed by atoms with Gasteiger partial charge in [0.05, 0.1) is 6.42 Å². The molecule has 1 unspecified atom stereocenters. The molecule has 1 heterocycles. The van der Waals surface area contributed by atoms with Gasteiger partial charge in [0.2, 0.25) is 0 Å². The molecular formula is C18H25F3N2O. The van der Waals surface area contributed by atoms with Crippen molar-refractivity contribution in [1.82, 2.24) is 10.2 Å². The first kappa shape index (κ1) is 17.7. The lowest BCUT2D eigenvalue weighted by Crippen LogP contribution is -2.47. The van der Waals surface area contributed by atoms with Gasteiger partial charge in [-0.3, -0.25) is 0 Å². The van der Waals surface area contributed by atoms with Crippen LogP contribution >= 0.6 is 0 Å². The average Bonchev–Trinajstić information content (AvgIpc) is 2.90. The number of halogens is 3. The molecule has 0 bridgehead atoms. The average molecular weight is 342 g/mol. The summed E-state index contributed by atoms with van der Waals surface area (Å²) >= 11 is 0. The molecule has 2 N–H and O–H groups in total. The van der Waals surface area contributed by atoms with Crippen LogP contribution in [0.5, 0.6) is 0 Å². The monoisotopic (exact) mass is 342 g/mol. The maximum Gasteiger partial charge on any atom is 0.390 e. The maximum atomic E-state index is 12.3. The molecule has 1 saturated heterocycles. The van der Waals surface area contributed by atoms with Crippen LogP contribution in [-0.2, 0) is 12.0 Å². The van der Waals surface area contributed by atoms with Crippen molar-refractivity contribution in [3.05, 3.63) is 35.4 Å². The zero-order valence-electron chi connectivity index (χ0n) is 13.8. The lowest BCUT2D eigenvalue weighted by Gasteiger charge is -2.34. The first-order valence-corrected chi connectivity index (χ1v) is 8.69. The standard InChI is InChI=1S/C18H25F3N2O/c19-18(20,21)9-12-23-10-6-15(7-11-23)22-13-17(24)8-5-14-3-1-2-4-16(14)17/h1-4,15,22,24H,5-13H2. The van der Waals surface area contributed by atoms with Crippen LogP contribution in [0.4, 0.5) is 13.2 Å². The second-order valence-corrected chi connectivity index (χ2v) is 7.05. The normalized spacial score (nSPS) is 25.8. The number of benzene rings is 1. The molecule has 3 rings (SSSR count). The fourth-order valence-electron chi connectivity index (χ4n) is 3.81. The number of nitrogens with zero attached hydrogens (tertiary/aromatic N) is 1. The predicted molar refractivity (Wildman–Crippen MR) is 86.8 cm³/mol. The summed E-state index contributed by atoms with van der Waals surface area (Å²) in [5, 5.41) is 14.3. The molecule has 24 heavy (non-hydrogen) atoms. The summed E-state index contributed by atoms with van der Waals surface area (Å²) in [7, 11) is 0.